The summed E-state index contributed by atoms with van der Waals surface area (Å²) in [6.07, 6.45) is 1.98. The van der Waals surface area contributed by atoms with E-state index in [0.29, 0.717) is 23.1 Å². The maximum atomic E-state index is 12.4. The van der Waals surface area contributed by atoms with E-state index >= 15 is 0 Å². The molecule has 2 aromatic rings. The number of carbonyl (C=O) groups is 1. The van der Waals surface area contributed by atoms with E-state index in [1.807, 2.05) is 30.1 Å². The minimum absolute atomic E-state index is 0.0640. The lowest BCUT2D eigenvalue weighted by atomic mass is 10.0. The lowest BCUT2D eigenvalue weighted by Crippen LogP contribution is -2.46. The lowest BCUT2D eigenvalue weighted by Gasteiger charge is -2.32. The molecule has 0 radical (unpaired) electrons. The van der Waals surface area contributed by atoms with Gasteiger partial charge in [-0.3, -0.25) is 14.6 Å². The van der Waals surface area contributed by atoms with Gasteiger partial charge in [0.05, 0.1) is 6.54 Å². The Labute approximate surface area is 177 Å². The quantitative estimate of drug-likeness (QED) is 0.729. The molecule has 1 saturated heterocycles. The summed E-state index contributed by atoms with van der Waals surface area (Å²) in [4.78, 5) is 16.8. The van der Waals surface area contributed by atoms with E-state index in [1.165, 1.54) is 5.56 Å². The molecule has 0 unspecified atom stereocenters. The Bertz CT molecular complexity index is 777. The van der Waals surface area contributed by atoms with Gasteiger partial charge >= 0.3 is 0 Å². The topological polar surface area (TPSA) is 35.6 Å². The number of likely N-dealkylation sites (tertiary alicyclic amines) is 1. The Kier molecular flexibility index (Phi) is 7.74. The van der Waals surface area contributed by atoms with Gasteiger partial charge in [0.15, 0.2) is 0 Å². The first-order chi connectivity index (χ1) is 13.5. The molecule has 0 atom stereocenters. The van der Waals surface area contributed by atoms with Crippen molar-refractivity contribution in [2.75, 3.05) is 26.7 Å². The van der Waals surface area contributed by atoms with Crippen LogP contribution >= 0.6 is 23.2 Å². The summed E-state index contributed by atoms with van der Waals surface area (Å²) in [7, 11) is 1.92. The van der Waals surface area contributed by atoms with Gasteiger partial charge in [-0.1, -0.05) is 59.6 Å². The highest BCUT2D eigenvalue weighted by molar-refractivity contribution is 6.35. The molecule has 28 heavy (non-hydrogen) atoms. The number of nitrogens with zero attached hydrogens (tertiary/aromatic N) is 2. The van der Waals surface area contributed by atoms with E-state index < -0.39 is 0 Å². The Morgan fingerprint density at radius 2 is 1.86 bits per heavy atom. The second kappa shape index (κ2) is 10.3. The number of rotatable bonds is 7. The van der Waals surface area contributed by atoms with Crippen molar-refractivity contribution >= 4 is 29.1 Å². The number of amides is 1. The first kappa shape index (κ1) is 21.1. The molecule has 6 heteroatoms. The maximum absolute atomic E-state index is 12.4. The Morgan fingerprint density at radius 1 is 1.14 bits per heavy atom. The number of likely N-dealkylation sites (N-methyl/N-ethyl adjacent to an activating group) is 1. The van der Waals surface area contributed by atoms with Gasteiger partial charge in [-0.2, -0.15) is 0 Å². The molecular formula is C22H27Cl2N3O. The fraction of sp³-hybridized carbons (Fsp3) is 0.409. The largest absolute Gasteiger partial charge is 0.352 e. The van der Waals surface area contributed by atoms with Gasteiger partial charge in [0.2, 0.25) is 5.91 Å². The normalized spacial score (nSPS) is 15.7. The van der Waals surface area contributed by atoms with Crippen molar-refractivity contribution in [1.82, 2.24) is 15.1 Å². The molecule has 1 heterocycles. The molecular weight excluding hydrogens is 393 g/mol. The van der Waals surface area contributed by atoms with Gasteiger partial charge in [-0.15, -0.1) is 0 Å². The highest BCUT2D eigenvalue weighted by atomic mass is 35.5. The third kappa shape index (κ3) is 6.49. The third-order valence-electron chi connectivity index (χ3n) is 5.07. The van der Waals surface area contributed by atoms with E-state index in [2.05, 4.69) is 34.5 Å². The zero-order valence-electron chi connectivity index (χ0n) is 16.2. The van der Waals surface area contributed by atoms with Gasteiger partial charge in [0, 0.05) is 42.3 Å². The molecule has 3 rings (SSSR count). The van der Waals surface area contributed by atoms with Crippen molar-refractivity contribution < 1.29 is 4.79 Å². The van der Waals surface area contributed by atoms with Crippen LogP contribution in [0.3, 0.4) is 0 Å². The van der Waals surface area contributed by atoms with Crippen LogP contribution in [0.15, 0.2) is 48.5 Å². The van der Waals surface area contributed by atoms with Crippen molar-refractivity contribution in [2.45, 2.75) is 32.0 Å². The number of nitrogens with one attached hydrogen (secondary N) is 1. The zero-order valence-corrected chi connectivity index (χ0v) is 17.7. The predicted octanol–water partition coefficient (Wildman–Crippen LogP) is 4.21. The number of hydrogen-bond donors (Lipinski definition) is 1. The number of hydrogen-bond acceptors (Lipinski definition) is 3. The zero-order chi connectivity index (χ0) is 19.9. The Balaban J connectivity index is 1.39. The molecule has 1 amide bonds. The SMILES string of the molecule is CN(CC(=O)NC1CCN(Cc2ccccc2)CC1)Cc1ccc(Cl)cc1Cl. The second-order valence-corrected chi connectivity index (χ2v) is 8.36. The molecule has 0 spiro atoms. The standard InChI is InChI=1S/C22H27Cl2N3O/c1-26(15-18-7-8-19(23)13-21(18)24)16-22(28)25-20-9-11-27(12-10-20)14-17-5-3-2-4-6-17/h2-8,13,20H,9-12,14-16H2,1H3,(H,25,28). The molecule has 0 saturated carbocycles. The van der Waals surface area contributed by atoms with Crippen LogP contribution in [0.4, 0.5) is 0 Å². The van der Waals surface area contributed by atoms with Crippen LogP contribution in [0, 0.1) is 0 Å². The summed E-state index contributed by atoms with van der Waals surface area (Å²) >= 11 is 12.2. The van der Waals surface area contributed by atoms with Crippen LogP contribution < -0.4 is 5.32 Å². The number of halogens is 2. The van der Waals surface area contributed by atoms with E-state index in [0.717, 1.165) is 38.0 Å². The molecule has 1 aliphatic heterocycles. The third-order valence-corrected chi connectivity index (χ3v) is 5.66. The van der Waals surface area contributed by atoms with Crippen molar-refractivity contribution in [3.63, 3.8) is 0 Å². The van der Waals surface area contributed by atoms with Crippen LogP contribution in [-0.2, 0) is 17.9 Å². The summed E-state index contributed by atoms with van der Waals surface area (Å²) in [5, 5.41) is 4.43. The average Bonchev–Trinajstić information content (AvgIpc) is 2.66. The second-order valence-electron chi connectivity index (χ2n) is 7.51. The predicted molar refractivity (Wildman–Crippen MR) is 116 cm³/mol. The number of benzene rings is 2. The molecule has 4 nitrogen and oxygen atoms in total. The van der Waals surface area contributed by atoms with Crippen LogP contribution in [0.25, 0.3) is 0 Å². The van der Waals surface area contributed by atoms with Crippen molar-refractivity contribution in [3.05, 3.63) is 69.7 Å². The fourth-order valence-electron chi connectivity index (χ4n) is 3.59. The van der Waals surface area contributed by atoms with Crippen LogP contribution in [0.5, 0.6) is 0 Å². The van der Waals surface area contributed by atoms with Gasteiger partial charge in [-0.25, -0.2) is 0 Å². The first-order valence-corrected chi connectivity index (χ1v) is 10.4. The minimum Gasteiger partial charge on any atom is -0.352 e. The molecule has 0 bridgehead atoms. The van der Waals surface area contributed by atoms with Crippen LogP contribution in [0.2, 0.25) is 10.0 Å². The Hall–Kier alpha value is -1.59. The van der Waals surface area contributed by atoms with Crippen molar-refractivity contribution in [3.8, 4) is 0 Å². The lowest BCUT2D eigenvalue weighted by molar-refractivity contribution is -0.123. The van der Waals surface area contributed by atoms with Gasteiger partial charge < -0.3 is 5.32 Å². The van der Waals surface area contributed by atoms with Gasteiger partial charge in [0.1, 0.15) is 0 Å². The summed E-state index contributed by atoms with van der Waals surface area (Å²) in [6.45, 7) is 3.96. The first-order valence-electron chi connectivity index (χ1n) is 9.67. The highest BCUT2D eigenvalue weighted by Crippen LogP contribution is 2.22. The van der Waals surface area contributed by atoms with Crippen molar-refractivity contribution in [1.29, 1.82) is 0 Å². The Morgan fingerprint density at radius 3 is 2.54 bits per heavy atom. The summed E-state index contributed by atoms with van der Waals surface area (Å²) in [5.74, 6) is 0.0640. The number of piperidine rings is 1. The molecule has 0 aromatic heterocycles. The number of carbonyl (C=O) groups excluding carboxylic acids is 1. The molecule has 2 aromatic carbocycles. The molecule has 1 N–H and O–H groups in total. The van der Waals surface area contributed by atoms with Gasteiger partial charge in [-0.05, 0) is 43.1 Å². The highest BCUT2D eigenvalue weighted by Gasteiger charge is 2.21. The minimum atomic E-state index is 0.0640. The van der Waals surface area contributed by atoms with E-state index in [4.69, 9.17) is 23.2 Å². The van der Waals surface area contributed by atoms with E-state index in [9.17, 15) is 4.79 Å². The molecule has 0 aliphatic carbocycles. The molecule has 1 fully saturated rings. The summed E-state index contributed by atoms with van der Waals surface area (Å²) < 4.78 is 0. The summed E-state index contributed by atoms with van der Waals surface area (Å²) in [6, 6.07) is 16.2. The van der Waals surface area contributed by atoms with Crippen LogP contribution in [-0.4, -0.2) is 48.4 Å². The van der Waals surface area contributed by atoms with E-state index in [1.54, 1.807) is 6.07 Å². The fourth-order valence-corrected chi connectivity index (χ4v) is 4.06. The smallest absolute Gasteiger partial charge is 0.234 e. The molecule has 1 aliphatic rings. The monoisotopic (exact) mass is 419 g/mol. The molecule has 150 valence electrons. The summed E-state index contributed by atoms with van der Waals surface area (Å²) in [5.41, 5.74) is 2.31. The van der Waals surface area contributed by atoms with E-state index in [-0.39, 0.29) is 11.9 Å². The van der Waals surface area contributed by atoms with Gasteiger partial charge in [0.25, 0.3) is 0 Å². The van der Waals surface area contributed by atoms with Crippen molar-refractivity contribution in [2.24, 2.45) is 0 Å². The van der Waals surface area contributed by atoms with Crippen LogP contribution in [0.1, 0.15) is 24.0 Å². The maximum Gasteiger partial charge on any atom is 0.234 e. The average molecular weight is 420 g/mol.